The largest absolute Gasteiger partial charge is 0.444 e. The van der Waals surface area contributed by atoms with Crippen LogP contribution in [0.15, 0.2) is 72.8 Å². The van der Waals surface area contributed by atoms with Gasteiger partial charge in [-0.3, -0.25) is 0 Å². The Balaban J connectivity index is 2.21. The van der Waals surface area contributed by atoms with Crippen molar-refractivity contribution in [2.75, 3.05) is 0 Å². The Labute approximate surface area is 203 Å². The molecule has 34 heavy (non-hydrogen) atoms. The number of ether oxygens (including phenoxy) is 2. The quantitative estimate of drug-likeness (QED) is 0.481. The van der Waals surface area contributed by atoms with Crippen molar-refractivity contribution >= 4 is 12.2 Å². The van der Waals surface area contributed by atoms with Crippen molar-refractivity contribution in [3.8, 4) is 0 Å². The third kappa shape index (κ3) is 11.5. The third-order valence-corrected chi connectivity index (χ3v) is 4.58. The number of hydrogen-bond acceptors (Lipinski definition) is 4. The molecule has 2 amide bonds. The van der Waals surface area contributed by atoms with Crippen LogP contribution in [0.2, 0.25) is 0 Å². The normalized spacial score (nSPS) is 13.7. The Morgan fingerprint density at radius 2 is 1.00 bits per heavy atom. The van der Waals surface area contributed by atoms with Crippen LogP contribution < -0.4 is 10.6 Å². The van der Waals surface area contributed by atoms with Crippen LogP contribution in [0.5, 0.6) is 0 Å². The number of carbonyl (C=O) groups excluding carboxylic acids is 2. The zero-order valence-electron chi connectivity index (χ0n) is 21.1. The number of hydrogen-bond donors (Lipinski definition) is 2. The summed E-state index contributed by atoms with van der Waals surface area (Å²) in [5.74, 6) is 0. The Bertz CT molecular complexity index is 851. The van der Waals surface area contributed by atoms with E-state index < -0.39 is 23.4 Å². The first-order valence-corrected chi connectivity index (χ1v) is 11.6. The highest BCUT2D eigenvalue weighted by atomic mass is 16.6. The minimum atomic E-state index is -0.598. The molecule has 0 saturated carbocycles. The van der Waals surface area contributed by atoms with E-state index in [0.29, 0.717) is 12.8 Å². The molecule has 0 aromatic heterocycles. The first kappa shape index (κ1) is 27.0. The van der Waals surface area contributed by atoms with Crippen molar-refractivity contribution in [3.63, 3.8) is 0 Å². The molecule has 2 aromatic rings. The second-order valence-electron chi connectivity index (χ2n) is 10.3. The summed E-state index contributed by atoms with van der Waals surface area (Å²) >= 11 is 0. The molecule has 2 N–H and O–H groups in total. The highest BCUT2D eigenvalue weighted by Crippen LogP contribution is 2.12. The maximum absolute atomic E-state index is 12.5. The molecule has 0 saturated heterocycles. The highest BCUT2D eigenvalue weighted by Gasteiger charge is 2.21. The van der Waals surface area contributed by atoms with Gasteiger partial charge in [0.2, 0.25) is 0 Å². The van der Waals surface area contributed by atoms with E-state index in [4.69, 9.17) is 9.47 Å². The molecule has 0 aliphatic carbocycles. The van der Waals surface area contributed by atoms with Gasteiger partial charge in [0.05, 0.1) is 12.1 Å². The van der Waals surface area contributed by atoms with Gasteiger partial charge in [-0.1, -0.05) is 72.8 Å². The average Bonchev–Trinajstić information content (AvgIpc) is 2.70. The zero-order valence-corrected chi connectivity index (χ0v) is 21.1. The predicted molar refractivity (Wildman–Crippen MR) is 136 cm³/mol. The number of carbonyl (C=O) groups is 2. The Kier molecular flexibility index (Phi) is 9.72. The lowest BCUT2D eigenvalue weighted by atomic mass is 10.0. The summed E-state index contributed by atoms with van der Waals surface area (Å²) in [4.78, 5) is 24.9. The van der Waals surface area contributed by atoms with E-state index in [0.717, 1.165) is 11.1 Å². The van der Waals surface area contributed by atoms with Gasteiger partial charge in [0, 0.05) is 0 Å². The second kappa shape index (κ2) is 12.3. The Hall–Kier alpha value is -3.28. The van der Waals surface area contributed by atoms with Crippen LogP contribution >= 0.6 is 0 Å². The van der Waals surface area contributed by atoms with Crippen molar-refractivity contribution in [1.29, 1.82) is 0 Å². The van der Waals surface area contributed by atoms with Crippen LogP contribution in [0.4, 0.5) is 9.59 Å². The second-order valence-corrected chi connectivity index (χ2v) is 10.3. The third-order valence-electron chi connectivity index (χ3n) is 4.58. The summed E-state index contributed by atoms with van der Waals surface area (Å²) in [5, 5.41) is 5.88. The summed E-state index contributed by atoms with van der Waals surface area (Å²) in [6.07, 6.45) is 4.00. The fraction of sp³-hybridized carbons (Fsp3) is 0.429. The van der Waals surface area contributed by atoms with Crippen molar-refractivity contribution in [1.82, 2.24) is 10.6 Å². The molecule has 0 heterocycles. The van der Waals surface area contributed by atoms with Gasteiger partial charge in [-0.15, -0.1) is 0 Å². The van der Waals surface area contributed by atoms with E-state index in [-0.39, 0.29) is 12.1 Å². The maximum atomic E-state index is 12.5. The molecule has 0 radical (unpaired) electrons. The standard InChI is InChI=1S/C28H38N2O4/c1-27(2,3)33-25(31)29-23(19-21-13-9-7-10-14-21)17-18-24(20-22-15-11-8-12-16-22)30-26(32)34-28(4,5)6/h7-18,23-24H,19-20H2,1-6H3,(H,29,31)(H,30,32). The summed E-state index contributed by atoms with van der Waals surface area (Å²) < 4.78 is 10.9. The molecule has 2 rings (SSSR count). The maximum Gasteiger partial charge on any atom is 0.408 e. The monoisotopic (exact) mass is 466 g/mol. The van der Waals surface area contributed by atoms with Crippen LogP contribution in [0.1, 0.15) is 52.7 Å². The molecule has 0 bridgehead atoms. The molecule has 6 nitrogen and oxygen atoms in total. The predicted octanol–water partition coefficient (Wildman–Crippen LogP) is 5.81. The molecule has 0 aliphatic rings. The SMILES string of the molecule is CC(C)(C)OC(=O)NC(C=CC(Cc1ccccc1)NC(=O)OC(C)(C)C)Cc1ccccc1. The molecule has 0 aliphatic heterocycles. The van der Waals surface area contributed by atoms with Gasteiger partial charge in [-0.2, -0.15) is 0 Å². The van der Waals surface area contributed by atoms with Crippen LogP contribution in [0.3, 0.4) is 0 Å². The minimum absolute atomic E-state index is 0.323. The molecule has 2 atom stereocenters. The van der Waals surface area contributed by atoms with E-state index >= 15 is 0 Å². The van der Waals surface area contributed by atoms with Gasteiger partial charge in [0.1, 0.15) is 11.2 Å². The topological polar surface area (TPSA) is 76.7 Å². The molecule has 2 unspecified atom stereocenters. The minimum Gasteiger partial charge on any atom is -0.444 e. The van der Waals surface area contributed by atoms with E-state index in [1.165, 1.54) is 0 Å². The van der Waals surface area contributed by atoms with Gasteiger partial charge in [-0.05, 0) is 65.5 Å². The van der Waals surface area contributed by atoms with Gasteiger partial charge in [0.25, 0.3) is 0 Å². The number of benzene rings is 2. The van der Waals surface area contributed by atoms with Crippen molar-refractivity contribution in [2.45, 2.75) is 77.7 Å². The van der Waals surface area contributed by atoms with Gasteiger partial charge >= 0.3 is 12.2 Å². The van der Waals surface area contributed by atoms with E-state index in [2.05, 4.69) is 10.6 Å². The number of nitrogens with one attached hydrogen (secondary N) is 2. The van der Waals surface area contributed by atoms with Gasteiger partial charge < -0.3 is 20.1 Å². The summed E-state index contributed by atoms with van der Waals surface area (Å²) in [6.45, 7) is 11.0. The lowest BCUT2D eigenvalue weighted by molar-refractivity contribution is 0.0499. The van der Waals surface area contributed by atoms with Crippen LogP contribution in [0, 0.1) is 0 Å². The number of amides is 2. The molecule has 6 heteroatoms. The van der Waals surface area contributed by atoms with E-state index in [9.17, 15) is 9.59 Å². The first-order valence-electron chi connectivity index (χ1n) is 11.6. The molecule has 0 fully saturated rings. The first-order chi connectivity index (χ1) is 15.9. The average molecular weight is 467 g/mol. The highest BCUT2D eigenvalue weighted by molar-refractivity contribution is 5.69. The van der Waals surface area contributed by atoms with Crippen molar-refractivity contribution in [2.24, 2.45) is 0 Å². The fourth-order valence-corrected chi connectivity index (χ4v) is 3.26. The van der Waals surface area contributed by atoms with Gasteiger partial charge in [-0.25, -0.2) is 9.59 Å². The lowest BCUT2D eigenvalue weighted by Crippen LogP contribution is -2.41. The molecule has 0 spiro atoms. The van der Waals surface area contributed by atoms with Crippen LogP contribution in [0.25, 0.3) is 0 Å². The smallest absolute Gasteiger partial charge is 0.408 e. The number of rotatable bonds is 8. The zero-order chi connectivity index (χ0) is 25.2. The summed E-state index contributed by atoms with van der Waals surface area (Å²) in [5.41, 5.74) is 0.958. The summed E-state index contributed by atoms with van der Waals surface area (Å²) in [6, 6.07) is 19.2. The Morgan fingerprint density at radius 1 is 0.676 bits per heavy atom. The summed E-state index contributed by atoms with van der Waals surface area (Å²) in [7, 11) is 0. The number of alkyl carbamates (subject to hydrolysis) is 2. The fourth-order valence-electron chi connectivity index (χ4n) is 3.26. The van der Waals surface area contributed by atoms with Crippen molar-refractivity contribution in [3.05, 3.63) is 83.9 Å². The van der Waals surface area contributed by atoms with Crippen LogP contribution in [-0.2, 0) is 22.3 Å². The molecule has 184 valence electrons. The molecule has 2 aromatic carbocycles. The van der Waals surface area contributed by atoms with E-state index in [1.54, 1.807) is 0 Å². The Morgan fingerprint density at radius 3 is 1.29 bits per heavy atom. The molecular formula is C28H38N2O4. The van der Waals surface area contributed by atoms with Crippen molar-refractivity contribution < 1.29 is 19.1 Å². The molecular weight excluding hydrogens is 428 g/mol. The van der Waals surface area contributed by atoms with E-state index in [1.807, 2.05) is 114 Å². The van der Waals surface area contributed by atoms with Gasteiger partial charge in [0.15, 0.2) is 0 Å². The van der Waals surface area contributed by atoms with Crippen LogP contribution in [-0.4, -0.2) is 35.5 Å². The lowest BCUT2D eigenvalue weighted by Gasteiger charge is -2.24.